The van der Waals surface area contributed by atoms with Gasteiger partial charge in [-0.3, -0.25) is 4.79 Å². The molecule has 0 aliphatic heterocycles. The van der Waals surface area contributed by atoms with E-state index in [-0.39, 0.29) is 0 Å². The van der Waals surface area contributed by atoms with E-state index in [1.807, 2.05) is 25.1 Å². The molecule has 0 aliphatic carbocycles. The third kappa shape index (κ3) is 9.67. The lowest BCUT2D eigenvalue weighted by atomic mass is 10.1. The highest BCUT2D eigenvalue weighted by Crippen LogP contribution is 2.09. The molecule has 130 valence electrons. The quantitative estimate of drug-likeness (QED) is 0.700. The zero-order valence-electron chi connectivity index (χ0n) is 12.8. The average Bonchev–Trinajstić information content (AvgIpc) is 2.47. The topological polar surface area (TPSA) is 71.4 Å². The lowest BCUT2D eigenvalue weighted by molar-refractivity contribution is 0.0696. The smallest absolute Gasteiger partial charge is 0.335 e. The van der Waals surface area contributed by atoms with Crippen LogP contribution in [0.15, 0.2) is 48.5 Å². The molecule has 0 fully saturated rings. The van der Waals surface area contributed by atoms with E-state index in [2.05, 4.69) is 21.4 Å². The Balaban J connectivity index is 0.000000363. The van der Waals surface area contributed by atoms with Gasteiger partial charge in [-0.2, -0.15) is 0 Å². The van der Waals surface area contributed by atoms with Crippen LogP contribution in [0.5, 0.6) is 0 Å². The van der Waals surface area contributed by atoms with Crippen molar-refractivity contribution in [2.24, 2.45) is 0 Å². The number of carbonyl (C=O) groups excluding carboxylic acids is 1. The number of hydrogen-bond donors (Lipinski definition) is 1. The van der Waals surface area contributed by atoms with Gasteiger partial charge in [0, 0.05) is 26.9 Å². The van der Waals surface area contributed by atoms with Gasteiger partial charge in [0.15, 0.2) is 0 Å². The Kier molecular flexibility index (Phi) is 11.3. The molecule has 24 heavy (non-hydrogen) atoms. The van der Waals surface area contributed by atoms with Crippen molar-refractivity contribution in [3.05, 3.63) is 70.8 Å². The SMILES string of the molecule is Cc1ccccc1C(=O)Cl.Cc1ccccc1C(=O)O.O=S(Cl)Cl. The fourth-order valence-corrected chi connectivity index (χ4v) is 1.82. The van der Waals surface area contributed by atoms with E-state index in [0.717, 1.165) is 11.1 Å². The van der Waals surface area contributed by atoms with Crippen LogP contribution in [0.1, 0.15) is 31.8 Å². The molecular formula is C16H15Cl3O4S. The van der Waals surface area contributed by atoms with Gasteiger partial charge in [0.05, 0.1) is 5.56 Å². The van der Waals surface area contributed by atoms with Gasteiger partial charge in [-0.25, -0.2) is 9.00 Å². The highest BCUT2D eigenvalue weighted by Gasteiger charge is 2.03. The Labute approximate surface area is 156 Å². The van der Waals surface area contributed by atoms with Crippen LogP contribution >= 0.6 is 33.0 Å². The van der Waals surface area contributed by atoms with Crippen LogP contribution in [-0.2, 0) is 9.23 Å². The fraction of sp³-hybridized carbons (Fsp3) is 0.125. The first-order chi connectivity index (χ1) is 11.2. The molecule has 0 spiro atoms. The summed E-state index contributed by atoms with van der Waals surface area (Å²) in [6.45, 7) is 3.64. The fourth-order valence-electron chi connectivity index (χ4n) is 1.61. The first kappa shape index (κ1) is 22.6. The minimum absolute atomic E-state index is 0.377. The highest BCUT2D eigenvalue weighted by atomic mass is 36.0. The number of hydrogen-bond acceptors (Lipinski definition) is 3. The molecule has 2 aromatic rings. The molecule has 0 aliphatic rings. The number of aryl methyl sites for hydroxylation is 2. The minimum atomic E-state index is -1.67. The molecule has 0 unspecified atom stereocenters. The van der Waals surface area contributed by atoms with Gasteiger partial charge < -0.3 is 5.11 Å². The van der Waals surface area contributed by atoms with Gasteiger partial charge in [0.1, 0.15) is 0 Å². The van der Waals surface area contributed by atoms with Crippen LogP contribution in [0, 0.1) is 13.8 Å². The van der Waals surface area contributed by atoms with Crippen molar-refractivity contribution in [1.29, 1.82) is 0 Å². The summed E-state index contributed by atoms with van der Waals surface area (Å²) >= 11 is 5.27. The lowest BCUT2D eigenvalue weighted by Crippen LogP contribution is -1.97. The molecule has 0 bridgehead atoms. The first-order valence-corrected chi connectivity index (χ1v) is 9.63. The Morgan fingerprint density at radius 2 is 1.21 bits per heavy atom. The van der Waals surface area contributed by atoms with E-state index in [1.54, 1.807) is 37.3 Å². The van der Waals surface area contributed by atoms with Crippen molar-refractivity contribution < 1.29 is 18.9 Å². The maximum atomic E-state index is 10.6. The molecule has 4 nitrogen and oxygen atoms in total. The van der Waals surface area contributed by atoms with Crippen molar-refractivity contribution in [2.45, 2.75) is 13.8 Å². The Morgan fingerprint density at radius 3 is 1.42 bits per heavy atom. The number of carboxylic acid groups (broad SMARTS) is 1. The third-order valence-electron chi connectivity index (χ3n) is 2.73. The molecule has 0 saturated carbocycles. The number of aromatic carboxylic acids is 1. The van der Waals surface area contributed by atoms with Crippen molar-refractivity contribution in [2.75, 3.05) is 0 Å². The van der Waals surface area contributed by atoms with Crippen molar-refractivity contribution >= 4 is 53.4 Å². The molecule has 0 amide bonds. The van der Waals surface area contributed by atoms with Crippen molar-refractivity contribution in [3.63, 3.8) is 0 Å². The van der Waals surface area contributed by atoms with Gasteiger partial charge in [-0.1, -0.05) is 36.4 Å². The van der Waals surface area contributed by atoms with E-state index >= 15 is 0 Å². The number of carbonyl (C=O) groups is 2. The van der Waals surface area contributed by atoms with E-state index < -0.39 is 20.4 Å². The summed E-state index contributed by atoms with van der Waals surface area (Å²) < 4.78 is 9.09. The van der Waals surface area contributed by atoms with E-state index in [9.17, 15) is 9.59 Å². The van der Waals surface area contributed by atoms with E-state index in [0.29, 0.717) is 11.1 Å². The zero-order valence-corrected chi connectivity index (χ0v) is 15.9. The summed E-state index contributed by atoms with van der Waals surface area (Å²) in [6, 6.07) is 14.2. The third-order valence-corrected chi connectivity index (χ3v) is 2.94. The molecule has 0 saturated heterocycles. The molecule has 1 N–H and O–H groups in total. The van der Waals surface area contributed by atoms with Gasteiger partial charge in [-0.05, 0) is 48.7 Å². The van der Waals surface area contributed by atoms with Crippen LogP contribution in [0.25, 0.3) is 0 Å². The minimum Gasteiger partial charge on any atom is -0.478 e. The van der Waals surface area contributed by atoms with Crippen LogP contribution < -0.4 is 0 Å². The second-order valence-corrected chi connectivity index (χ2v) is 7.26. The van der Waals surface area contributed by atoms with Gasteiger partial charge >= 0.3 is 5.97 Å². The number of rotatable bonds is 2. The van der Waals surface area contributed by atoms with Crippen LogP contribution in [0.2, 0.25) is 0 Å². The summed E-state index contributed by atoms with van der Waals surface area (Å²) in [5.74, 6) is -0.863. The normalized spacial score (nSPS) is 9.25. The average molecular weight is 410 g/mol. The summed E-state index contributed by atoms with van der Waals surface area (Å²) in [7, 11) is 7.36. The highest BCUT2D eigenvalue weighted by molar-refractivity contribution is 8.26. The maximum absolute atomic E-state index is 10.6. The predicted octanol–water partition coefficient (Wildman–Crippen LogP) is 5.11. The van der Waals surface area contributed by atoms with E-state index in [4.69, 9.17) is 20.9 Å². The number of carboxylic acids is 1. The van der Waals surface area contributed by atoms with E-state index in [1.165, 1.54) is 0 Å². The number of benzene rings is 2. The van der Waals surface area contributed by atoms with Gasteiger partial charge in [-0.15, -0.1) is 0 Å². The maximum Gasteiger partial charge on any atom is 0.335 e. The molecule has 0 atom stereocenters. The molecule has 2 aromatic carbocycles. The molecular weight excluding hydrogens is 395 g/mol. The van der Waals surface area contributed by atoms with Crippen LogP contribution in [0.4, 0.5) is 0 Å². The van der Waals surface area contributed by atoms with Crippen molar-refractivity contribution in [3.8, 4) is 0 Å². The van der Waals surface area contributed by atoms with Gasteiger partial charge in [0.2, 0.25) is 9.23 Å². The summed E-state index contributed by atoms with van der Waals surface area (Å²) in [5, 5.41) is 8.17. The largest absolute Gasteiger partial charge is 0.478 e. The second kappa shape index (κ2) is 12.0. The molecule has 0 aromatic heterocycles. The summed E-state index contributed by atoms with van der Waals surface area (Å²) in [4.78, 5) is 21.1. The van der Waals surface area contributed by atoms with Crippen LogP contribution in [-0.4, -0.2) is 20.5 Å². The number of halogens is 3. The molecule has 8 heteroatoms. The van der Waals surface area contributed by atoms with Gasteiger partial charge in [0.25, 0.3) is 5.24 Å². The summed E-state index contributed by atoms with van der Waals surface area (Å²) in [5.41, 5.74) is 2.68. The molecule has 0 radical (unpaired) electrons. The Bertz CT molecular complexity index is 660. The Hall–Kier alpha value is -1.40. The summed E-state index contributed by atoms with van der Waals surface area (Å²) in [6.07, 6.45) is 0. The monoisotopic (exact) mass is 408 g/mol. The lowest BCUT2D eigenvalue weighted by Gasteiger charge is -1.96. The first-order valence-electron chi connectivity index (χ1n) is 6.45. The standard InChI is InChI=1S/C8H7ClO.C8H8O2.Cl2OS/c2*1-6-4-2-3-5-7(6)8(9)10;1-4(2)3/h2-5H,1H3;2-5H,1H3,(H,9,10);. The predicted molar refractivity (Wildman–Crippen MR) is 99.3 cm³/mol. The molecule has 0 heterocycles. The molecule has 2 rings (SSSR count). The second-order valence-electron chi connectivity index (χ2n) is 4.39. The van der Waals surface area contributed by atoms with Crippen LogP contribution in [0.3, 0.4) is 0 Å². The Morgan fingerprint density at radius 1 is 0.875 bits per heavy atom. The zero-order chi connectivity index (χ0) is 18.7. The van der Waals surface area contributed by atoms with Crippen molar-refractivity contribution in [1.82, 2.24) is 0 Å².